The number of aryl methyl sites for hydroxylation is 2. The van der Waals surface area contributed by atoms with Gasteiger partial charge >= 0.3 is 0 Å². The number of carbonyl (C=O) groups excluding carboxylic acids is 3. The van der Waals surface area contributed by atoms with Crippen LogP contribution in [0.1, 0.15) is 41.6 Å². The first kappa shape index (κ1) is 30.7. The summed E-state index contributed by atoms with van der Waals surface area (Å²) < 4.78 is 6.91. The van der Waals surface area contributed by atoms with Crippen LogP contribution in [0.5, 0.6) is 0 Å². The van der Waals surface area contributed by atoms with E-state index >= 15 is 0 Å². The van der Waals surface area contributed by atoms with Crippen molar-refractivity contribution in [2.24, 2.45) is 7.05 Å². The van der Waals surface area contributed by atoms with Crippen molar-refractivity contribution in [2.75, 3.05) is 36.9 Å². The SMILES string of the molecule is C=CC(=O)Nc1cc(Cc2cc(-c3cccc(NC(=O)c4ccc(C)s4)c3C)cn(C)c2=O)ccc1C(=O)N1CCOCC1. The van der Waals surface area contributed by atoms with Crippen molar-refractivity contribution in [3.8, 4) is 11.1 Å². The smallest absolute Gasteiger partial charge is 0.265 e. The second kappa shape index (κ2) is 13.2. The zero-order valence-corrected chi connectivity index (χ0v) is 25.8. The molecular weight excluding hydrogens is 576 g/mol. The minimum atomic E-state index is -0.437. The molecule has 0 spiro atoms. The lowest BCUT2D eigenvalue weighted by atomic mass is 9.96. The molecule has 4 aromatic rings. The molecule has 0 unspecified atom stereocenters. The molecule has 1 aliphatic heterocycles. The van der Waals surface area contributed by atoms with Gasteiger partial charge in [-0.05, 0) is 78.6 Å². The van der Waals surface area contributed by atoms with Crippen LogP contribution in [0.15, 0.2) is 78.2 Å². The zero-order valence-electron chi connectivity index (χ0n) is 24.9. The lowest BCUT2D eigenvalue weighted by Gasteiger charge is -2.27. The average Bonchev–Trinajstić information content (AvgIpc) is 3.47. The van der Waals surface area contributed by atoms with Gasteiger partial charge in [0.15, 0.2) is 0 Å². The van der Waals surface area contributed by atoms with Crippen molar-refractivity contribution in [2.45, 2.75) is 20.3 Å². The predicted molar refractivity (Wildman–Crippen MR) is 174 cm³/mol. The average molecular weight is 611 g/mol. The number of morpholine rings is 1. The molecule has 1 aliphatic rings. The first-order chi connectivity index (χ1) is 21.1. The molecule has 226 valence electrons. The Morgan fingerprint density at radius 2 is 1.77 bits per heavy atom. The molecular formula is C34H34N4O5S. The summed E-state index contributed by atoms with van der Waals surface area (Å²) in [5, 5.41) is 5.78. The predicted octanol–water partition coefficient (Wildman–Crippen LogP) is 5.17. The molecule has 0 aliphatic carbocycles. The van der Waals surface area contributed by atoms with Crippen LogP contribution < -0.4 is 16.2 Å². The number of thiophene rings is 1. The molecule has 3 heterocycles. The van der Waals surface area contributed by atoms with Crippen LogP contribution in [0.25, 0.3) is 11.1 Å². The number of anilines is 2. The molecule has 44 heavy (non-hydrogen) atoms. The van der Waals surface area contributed by atoms with Crippen LogP contribution >= 0.6 is 11.3 Å². The summed E-state index contributed by atoms with van der Waals surface area (Å²) in [6.07, 6.45) is 3.20. The Morgan fingerprint density at radius 1 is 1.00 bits per heavy atom. The minimum absolute atomic E-state index is 0.158. The van der Waals surface area contributed by atoms with Gasteiger partial charge in [-0.3, -0.25) is 19.2 Å². The Hall–Kier alpha value is -4.80. The molecule has 2 aromatic heterocycles. The number of nitrogens with one attached hydrogen (secondary N) is 2. The number of hydrogen-bond donors (Lipinski definition) is 2. The van der Waals surface area contributed by atoms with Crippen molar-refractivity contribution < 1.29 is 19.1 Å². The molecule has 3 amide bonds. The highest BCUT2D eigenvalue weighted by atomic mass is 32.1. The van der Waals surface area contributed by atoms with Crippen LogP contribution in [0, 0.1) is 13.8 Å². The number of rotatable bonds is 8. The summed E-state index contributed by atoms with van der Waals surface area (Å²) in [5.74, 6) is -0.805. The fourth-order valence-corrected chi connectivity index (χ4v) is 5.97. The lowest BCUT2D eigenvalue weighted by molar-refractivity contribution is -0.111. The first-order valence-corrected chi connectivity index (χ1v) is 15.1. The van der Waals surface area contributed by atoms with E-state index in [9.17, 15) is 19.2 Å². The summed E-state index contributed by atoms with van der Waals surface area (Å²) in [6.45, 7) is 9.28. The number of carbonyl (C=O) groups is 3. The molecule has 1 fully saturated rings. The van der Waals surface area contributed by atoms with E-state index in [0.717, 1.165) is 33.2 Å². The highest BCUT2D eigenvalue weighted by Gasteiger charge is 2.22. The maximum absolute atomic E-state index is 13.3. The van der Waals surface area contributed by atoms with Crippen LogP contribution in [0.4, 0.5) is 11.4 Å². The van der Waals surface area contributed by atoms with Gasteiger partial charge in [0, 0.05) is 48.9 Å². The third-order valence-corrected chi connectivity index (χ3v) is 8.56. The molecule has 1 saturated heterocycles. The quantitative estimate of drug-likeness (QED) is 0.268. The van der Waals surface area contributed by atoms with E-state index in [1.807, 2.05) is 50.2 Å². The summed E-state index contributed by atoms with van der Waals surface area (Å²) in [6, 6.07) is 16.5. The molecule has 10 heteroatoms. The van der Waals surface area contributed by atoms with E-state index < -0.39 is 5.91 Å². The summed E-state index contributed by atoms with van der Waals surface area (Å²) in [5.41, 5.74) is 5.12. The lowest BCUT2D eigenvalue weighted by Crippen LogP contribution is -2.41. The fourth-order valence-electron chi connectivity index (χ4n) is 5.21. The minimum Gasteiger partial charge on any atom is -0.378 e. The third kappa shape index (κ3) is 6.72. The van der Waals surface area contributed by atoms with Gasteiger partial charge in [-0.15, -0.1) is 11.3 Å². The van der Waals surface area contributed by atoms with Gasteiger partial charge in [0.1, 0.15) is 0 Å². The third-order valence-electron chi connectivity index (χ3n) is 7.57. The molecule has 2 aromatic carbocycles. The number of ether oxygens (including phenoxy) is 1. The number of amides is 3. The number of nitrogens with zero attached hydrogens (tertiary/aromatic N) is 2. The second-order valence-corrected chi connectivity index (χ2v) is 12.0. The van der Waals surface area contributed by atoms with E-state index in [2.05, 4.69) is 17.2 Å². The number of hydrogen-bond acceptors (Lipinski definition) is 6. The Balaban J connectivity index is 1.45. The molecule has 0 radical (unpaired) electrons. The maximum Gasteiger partial charge on any atom is 0.265 e. The van der Waals surface area contributed by atoms with E-state index in [-0.39, 0.29) is 23.8 Å². The number of benzene rings is 2. The zero-order chi connectivity index (χ0) is 31.4. The maximum atomic E-state index is 13.3. The van der Waals surface area contributed by atoms with Crippen molar-refractivity contribution in [1.82, 2.24) is 9.47 Å². The normalized spacial score (nSPS) is 12.9. The Morgan fingerprint density at radius 3 is 2.48 bits per heavy atom. The molecule has 0 bridgehead atoms. The number of pyridine rings is 1. The van der Waals surface area contributed by atoms with Gasteiger partial charge in [0.05, 0.1) is 29.3 Å². The van der Waals surface area contributed by atoms with Crippen LogP contribution in [-0.2, 0) is 23.0 Å². The fraction of sp³-hybridized carbons (Fsp3) is 0.235. The standard InChI is InChI=1S/C34H34N4O5S/c1-5-31(39)35-29-18-23(10-11-27(29)34(42)38-13-15-43-16-14-38)17-24-19-25(20-37(4)33(24)41)26-7-6-8-28(22(26)3)36-32(40)30-12-9-21(2)44-30/h5-12,18-20H,1,13-17H2,2-4H3,(H,35,39)(H,36,40). The van der Waals surface area contributed by atoms with Gasteiger partial charge in [-0.1, -0.05) is 24.8 Å². The molecule has 0 saturated carbocycles. The molecule has 0 atom stereocenters. The summed E-state index contributed by atoms with van der Waals surface area (Å²) >= 11 is 1.44. The van der Waals surface area contributed by atoms with Crippen LogP contribution in [0.3, 0.4) is 0 Å². The molecule has 9 nitrogen and oxygen atoms in total. The number of aromatic nitrogens is 1. The van der Waals surface area contributed by atoms with Gasteiger partial charge in [0.2, 0.25) is 5.91 Å². The van der Waals surface area contributed by atoms with Gasteiger partial charge < -0.3 is 24.8 Å². The van der Waals surface area contributed by atoms with Crippen molar-refractivity contribution in [3.63, 3.8) is 0 Å². The summed E-state index contributed by atoms with van der Waals surface area (Å²) in [7, 11) is 1.70. The van der Waals surface area contributed by atoms with Crippen molar-refractivity contribution in [1.29, 1.82) is 0 Å². The van der Waals surface area contributed by atoms with Crippen LogP contribution in [0.2, 0.25) is 0 Å². The monoisotopic (exact) mass is 610 g/mol. The van der Waals surface area contributed by atoms with E-state index in [0.29, 0.717) is 53.7 Å². The van der Waals surface area contributed by atoms with E-state index in [1.54, 1.807) is 40.9 Å². The Labute approximate surface area is 259 Å². The van der Waals surface area contributed by atoms with Crippen LogP contribution in [-0.4, -0.2) is 53.5 Å². The van der Waals surface area contributed by atoms with Gasteiger partial charge in [0.25, 0.3) is 17.4 Å². The Kier molecular flexibility index (Phi) is 9.22. The van der Waals surface area contributed by atoms with E-state index in [4.69, 9.17) is 4.74 Å². The first-order valence-electron chi connectivity index (χ1n) is 14.2. The highest BCUT2D eigenvalue weighted by Crippen LogP contribution is 2.30. The second-order valence-electron chi connectivity index (χ2n) is 10.7. The van der Waals surface area contributed by atoms with E-state index in [1.165, 1.54) is 11.3 Å². The summed E-state index contributed by atoms with van der Waals surface area (Å²) in [4.78, 5) is 55.0. The topological polar surface area (TPSA) is 110 Å². The van der Waals surface area contributed by atoms with Crippen molar-refractivity contribution >= 4 is 40.4 Å². The van der Waals surface area contributed by atoms with Crippen molar-refractivity contribution in [3.05, 3.63) is 116 Å². The molecule has 2 N–H and O–H groups in total. The largest absolute Gasteiger partial charge is 0.378 e. The van der Waals surface area contributed by atoms with Gasteiger partial charge in [-0.25, -0.2) is 0 Å². The molecule has 5 rings (SSSR count). The Bertz CT molecular complexity index is 1820. The highest BCUT2D eigenvalue weighted by molar-refractivity contribution is 7.14. The van der Waals surface area contributed by atoms with Gasteiger partial charge in [-0.2, -0.15) is 0 Å².